The lowest BCUT2D eigenvalue weighted by Gasteiger charge is -2.16. The predicted molar refractivity (Wildman–Crippen MR) is 104 cm³/mol. The number of hydrogen-bond donors (Lipinski definition) is 0. The zero-order chi connectivity index (χ0) is 20.2. The number of aromatic nitrogens is 3. The summed E-state index contributed by atoms with van der Waals surface area (Å²) in [6.07, 6.45) is -1.24. The zero-order valence-electron chi connectivity index (χ0n) is 16.2. The van der Waals surface area contributed by atoms with Crippen LogP contribution in [0, 0.1) is 0 Å². The molecule has 4 nitrogen and oxygen atoms in total. The van der Waals surface area contributed by atoms with Crippen LogP contribution in [0.2, 0.25) is 25.7 Å². The summed E-state index contributed by atoms with van der Waals surface area (Å²) in [5.41, 5.74) is 1.16. The zero-order valence-corrected chi connectivity index (χ0v) is 17.2. The van der Waals surface area contributed by atoms with Gasteiger partial charge in [0, 0.05) is 32.6 Å². The highest BCUT2D eigenvalue weighted by molar-refractivity contribution is 6.76. The molecule has 2 rings (SSSR count). The van der Waals surface area contributed by atoms with Gasteiger partial charge in [0.2, 0.25) is 0 Å². The van der Waals surface area contributed by atoms with E-state index < -0.39 is 19.9 Å². The Bertz CT molecular complexity index is 777. The van der Waals surface area contributed by atoms with Crippen LogP contribution in [-0.4, -0.2) is 29.2 Å². The van der Waals surface area contributed by atoms with Gasteiger partial charge in [0.25, 0.3) is 0 Å². The average molecular weight is 398 g/mol. The van der Waals surface area contributed by atoms with Gasteiger partial charge in [-0.05, 0) is 30.2 Å². The quantitative estimate of drug-likeness (QED) is 0.424. The Hall–Kier alpha value is -1.93. The van der Waals surface area contributed by atoms with E-state index in [2.05, 4.69) is 36.2 Å². The van der Waals surface area contributed by atoms with Gasteiger partial charge in [-0.2, -0.15) is 13.2 Å². The van der Waals surface area contributed by atoms with Gasteiger partial charge in [-0.15, -0.1) is 0 Å². The lowest BCUT2D eigenvalue weighted by Crippen LogP contribution is -2.22. The van der Waals surface area contributed by atoms with Crippen molar-refractivity contribution in [2.75, 3.05) is 6.61 Å². The Labute approximate surface area is 159 Å². The van der Waals surface area contributed by atoms with E-state index in [1.807, 2.05) is 6.92 Å². The number of allylic oxidation sites excluding steroid dienone is 1. The normalized spacial score (nSPS) is 12.4. The molecular formula is C19H26F3N3OSi. The molecule has 0 saturated carbocycles. The smallest absolute Gasteiger partial charge is 0.361 e. The van der Waals surface area contributed by atoms with Crippen molar-refractivity contribution < 1.29 is 17.9 Å². The van der Waals surface area contributed by atoms with Crippen LogP contribution in [-0.2, 0) is 17.6 Å². The number of halogens is 3. The van der Waals surface area contributed by atoms with Gasteiger partial charge in [-0.1, -0.05) is 33.1 Å². The summed E-state index contributed by atoms with van der Waals surface area (Å²) in [6, 6.07) is 4.41. The van der Waals surface area contributed by atoms with Crippen LogP contribution in [0.3, 0.4) is 0 Å². The lowest BCUT2D eigenvalue weighted by molar-refractivity contribution is -0.141. The number of ether oxygens (including phenoxy) is 1. The molecule has 8 heteroatoms. The van der Waals surface area contributed by atoms with Crippen molar-refractivity contribution in [1.29, 1.82) is 0 Å². The molecule has 27 heavy (non-hydrogen) atoms. The fraction of sp³-hybridized carbons (Fsp3) is 0.474. The molecule has 0 spiro atoms. The molecular weight excluding hydrogens is 371 g/mol. The molecule has 148 valence electrons. The average Bonchev–Trinajstić information content (AvgIpc) is 3.02. The summed E-state index contributed by atoms with van der Waals surface area (Å²) in [5, 5.41) is 0. The number of imidazole rings is 1. The van der Waals surface area contributed by atoms with Crippen LogP contribution in [0.1, 0.15) is 24.7 Å². The fourth-order valence-corrected chi connectivity index (χ4v) is 3.10. The van der Waals surface area contributed by atoms with Crippen molar-refractivity contribution in [3.63, 3.8) is 0 Å². The van der Waals surface area contributed by atoms with Gasteiger partial charge in [0.1, 0.15) is 12.6 Å². The number of pyridine rings is 1. The van der Waals surface area contributed by atoms with Crippen LogP contribution in [0.25, 0.3) is 17.0 Å². The molecule has 2 aromatic heterocycles. The summed E-state index contributed by atoms with van der Waals surface area (Å²) in [4.78, 5) is 8.08. The van der Waals surface area contributed by atoms with Crippen LogP contribution in [0.5, 0.6) is 0 Å². The first-order valence-electron chi connectivity index (χ1n) is 8.88. The van der Waals surface area contributed by atoms with Crippen molar-refractivity contribution in [1.82, 2.24) is 14.5 Å². The maximum atomic E-state index is 13.1. The number of alkyl halides is 3. The highest BCUT2D eigenvalue weighted by Gasteiger charge is 2.35. The fourth-order valence-electron chi connectivity index (χ4n) is 2.34. The van der Waals surface area contributed by atoms with Crippen molar-refractivity contribution in [3.05, 3.63) is 42.5 Å². The van der Waals surface area contributed by atoms with Crippen molar-refractivity contribution >= 4 is 13.6 Å². The summed E-state index contributed by atoms with van der Waals surface area (Å²) in [5.74, 6) is 0.191. The Morgan fingerprint density at radius 3 is 2.48 bits per heavy atom. The first-order chi connectivity index (χ1) is 12.5. The van der Waals surface area contributed by atoms with Gasteiger partial charge >= 0.3 is 6.18 Å². The van der Waals surface area contributed by atoms with Crippen molar-refractivity contribution in [3.8, 4) is 11.4 Å². The minimum absolute atomic E-state index is 0.0202. The molecule has 0 aromatic carbocycles. The molecule has 0 amide bonds. The Morgan fingerprint density at radius 2 is 1.96 bits per heavy atom. The van der Waals surface area contributed by atoms with Gasteiger partial charge in [0.05, 0.1) is 5.69 Å². The van der Waals surface area contributed by atoms with Gasteiger partial charge < -0.3 is 9.30 Å². The standard InChI is InChI=1S/C19H26F3N3OSi/c1-6-14(2)16-8-7-15(11-23-16)18-24-17(19(20,21)22)12-25(18)13-26-9-10-27(3,4)5/h7-8,11-12H,2,6,9-10,13H2,1,3-5H3. The van der Waals surface area contributed by atoms with Crippen LogP contribution < -0.4 is 0 Å². The maximum Gasteiger partial charge on any atom is 0.434 e. The third kappa shape index (κ3) is 6.03. The topological polar surface area (TPSA) is 39.9 Å². The van der Waals surface area contributed by atoms with E-state index in [0.717, 1.165) is 29.9 Å². The predicted octanol–water partition coefficient (Wildman–Crippen LogP) is 5.70. The highest BCUT2D eigenvalue weighted by Crippen LogP contribution is 2.31. The summed E-state index contributed by atoms with van der Waals surface area (Å²) < 4.78 is 46.4. The Morgan fingerprint density at radius 1 is 1.26 bits per heavy atom. The molecule has 0 aliphatic carbocycles. The van der Waals surface area contributed by atoms with Crippen LogP contribution in [0.15, 0.2) is 31.1 Å². The van der Waals surface area contributed by atoms with Gasteiger partial charge in [0.15, 0.2) is 5.69 Å². The molecule has 0 bridgehead atoms. The minimum Gasteiger partial charge on any atom is -0.361 e. The van der Waals surface area contributed by atoms with Gasteiger partial charge in [-0.3, -0.25) is 4.98 Å². The van der Waals surface area contributed by atoms with Gasteiger partial charge in [-0.25, -0.2) is 4.98 Å². The molecule has 2 heterocycles. The van der Waals surface area contributed by atoms with E-state index in [4.69, 9.17) is 4.74 Å². The minimum atomic E-state index is -4.51. The second kappa shape index (κ2) is 8.39. The first kappa shape index (κ1) is 21.4. The van der Waals surface area contributed by atoms with E-state index in [9.17, 15) is 13.2 Å². The second-order valence-corrected chi connectivity index (χ2v) is 13.3. The summed E-state index contributed by atoms with van der Waals surface area (Å²) >= 11 is 0. The van der Waals surface area contributed by atoms with E-state index in [1.54, 1.807) is 12.1 Å². The Balaban J connectivity index is 2.25. The van der Waals surface area contributed by atoms with E-state index in [-0.39, 0.29) is 12.6 Å². The third-order valence-electron chi connectivity index (χ3n) is 4.10. The van der Waals surface area contributed by atoms with Crippen LogP contribution in [0.4, 0.5) is 13.2 Å². The third-order valence-corrected chi connectivity index (χ3v) is 5.81. The lowest BCUT2D eigenvalue weighted by atomic mass is 10.1. The molecule has 2 aromatic rings. The first-order valence-corrected chi connectivity index (χ1v) is 12.6. The monoisotopic (exact) mass is 397 g/mol. The van der Waals surface area contributed by atoms with Crippen molar-refractivity contribution in [2.45, 2.75) is 51.9 Å². The van der Waals surface area contributed by atoms with Crippen LogP contribution >= 0.6 is 0 Å². The largest absolute Gasteiger partial charge is 0.434 e. The van der Waals surface area contributed by atoms with Crippen molar-refractivity contribution in [2.24, 2.45) is 0 Å². The SMILES string of the molecule is C=C(CC)c1ccc(-c2nc(C(F)(F)F)cn2COCC[Si](C)(C)C)cn1. The number of hydrogen-bond acceptors (Lipinski definition) is 3. The Kier molecular flexibility index (Phi) is 6.64. The van der Waals surface area contributed by atoms with E-state index in [0.29, 0.717) is 12.2 Å². The number of nitrogens with zero attached hydrogens (tertiary/aromatic N) is 3. The molecule has 0 N–H and O–H groups in total. The molecule has 0 atom stereocenters. The van der Waals surface area contributed by atoms with E-state index >= 15 is 0 Å². The molecule has 0 aliphatic rings. The van der Waals surface area contributed by atoms with E-state index in [1.165, 1.54) is 10.8 Å². The molecule has 0 fully saturated rings. The summed E-state index contributed by atoms with van der Waals surface area (Å²) in [7, 11) is -1.27. The molecule has 0 unspecified atom stereocenters. The summed E-state index contributed by atoms with van der Waals surface area (Å²) in [6.45, 7) is 13.1. The maximum absolute atomic E-state index is 13.1. The molecule has 0 radical (unpaired) electrons. The second-order valence-electron chi connectivity index (χ2n) is 7.65. The molecule has 0 saturated heterocycles. The highest BCUT2D eigenvalue weighted by atomic mass is 28.3. The molecule has 0 aliphatic heterocycles. The number of rotatable bonds is 8.